The molecule has 2 rings (SSSR count). The molecular formula is C14H14ClN4OS. The Bertz CT molecular complexity index is 635. The maximum atomic E-state index is 10.7. The van der Waals surface area contributed by atoms with Gasteiger partial charge in [-0.2, -0.15) is 0 Å². The van der Waals surface area contributed by atoms with E-state index in [4.69, 9.17) is 11.6 Å². The molecule has 0 saturated heterocycles. The summed E-state index contributed by atoms with van der Waals surface area (Å²) in [7, 11) is 0. The van der Waals surface area contributed by atoms with Gasteiger partial charge in [-0.15, -0.1) is 10.2 Å². The molecule has 109 valence electrons. The van der Waals surface area contributed by atoms with Crippen LogP contribution < -0.4 is 4.90 Å². The van der Waals surface area contributed by atoms with Gasteiger partial charge >= 0.3 is 0 Å². The van der Waals surface area contributed by atoms with E-state index < -0.39 is 0 Å². The average molecular weight is 322 g/mol. The van der Waals surface area contributed by atoms with Gasteiger partial charge in [0.1, 0.15) is 4.88 Å². The van der Waals surface area contributed by atoms with E-state index in [0.717, 1.165) is 23.6 Å². The van der Waals surface area contributed by atoms with Gasteiger partial charge in [0, 0.05) is 18.8 Å². The number of hydrogen-bond acceptors (Lipinski definition) is 6. The van der Waals surface area contributed by atoms with Crippen molar-refractivity contribution in [2.45, 2.75) is 6.92 Å². The average Bonchev–Trinajstić information content (AvgIpc) is 2.88. The SMILES string of the molecule is [CH2]CN(CC)c1ccc(/N=N/c2nc(Cl)c(C=O)s2)cc1. The van der Waals surface area contributed by atoms with Gasteiger partial charge in [-0.25, -0.2) is 4.98 Å². The van der Waals surface area contributed by atoms with Crippen molar-refractivity contribution in [1.29, 1.82) is 0 Å². The second kappa shape index (κ2) is 7.28. The lowest BCUT2D eigenvalue weighted by Crippen LogP contribution is -2.21. The Labute approximate surface area is 132 Å². The van der Waals surface area contributed by atoms with Gasteiger partial charge in [0.25, 0.3) is 0 Å². The molecule has 1 radical (unpaired) electrons. The lowest BCUT2D eigenvalue weighted by molar-refractivity contribution is 0.112. The first-order chi connectivity index (χ1) is 10.2. The van der Waals surface area contributed by atoms with Crippen molar-refractivity contribution >= 4 is 45.7 Å². The fourth-order valence-electron chi connectivity index (χ4n) is 1.72. The van der Waals surface area contributed by atoms with Gasteiger partial charge in [-0.05, 0) is 38.1 Å². The summed E-state index contributed by atoms with van der Waals surface area (Å²) >= 11 is 6.88. The zero-order valence-corrected chi connectivity index (χ0v) is 13.1. The predicted octanol–water partition coefficient (Wildman–Crippen LogP) is 4.68. The van der Waals surface area contributed by atoms with Crippen molar-refractivity contribution in [1.82, 2.24) is 4.98 Å². The van der Waals surface area contributed by atoms with E-state index >= 15 is 0 Å². The molecule has 0 atom stereocenters. The zero-order valence-electron chi connectivity index (χ0n) is 11.5. The van der Waals surface area contributed by atoms with Crippen LogP contribution in [0.5, 0.6) is 0 Å². The number of anilines is 1. The van der Waals surface area contributed by atoms with Gasteiger partial charge in [-0.1, -0.05) is 22.9 Å². The standard InChI is InChI=1S/C14H14ClN4OS/c1-3-19(4-2)11-7-5-10(6-8-11)17-18-14-16-13(15)12(9-20)21-14/h5-9H,1,3-4H2,2H3/b18-17+. The van der Waals surface area contributed by atoms with E-state index in [1.165, 1.54) is 0 Å². The summed E-state index contributed by atoms with van der Waals surface area (Å²) in [5.74, 6) is 0. The van der Waals surface area contributed by atoms with Crippen LogP contribution in [0.1, 0.15) is 16.6 Å². The lowest BCUT2D eigenvalue weighted by atomic mass is 10.2. The van der Waals surface area contributed by atoms with Crippen molar-refractivity contribution in [2.24, 2.45) is 10.2 Å². The Morgan fingerprint density at radius 3 is 2.62 bits per heavy atom. The number of azo groups is 1. The van der Waals surface area contributed by atoms with Crippen molar-refractivity contribution in [3.8, 4) is 0 Å². The number of carbonyl (C=O) groups excluding carboxylic acids is 1. The smallest absolute Gasteiger partial charge is 0.232 e. The molecule has 0 unspecified atom stereocenters. The van der Waals surface area contributed by atoms with Crippen LogP contribution in [-0.2, 0) is 0 Å². The molecule has 0 fully saturated rings. The summed E-state index contributed by atoms with van der Waals surface area (Å²) in [4.78, 5) is 17.1. The minimum absolute atomic E-state index is 0.160. The molecule has 0 amide bonds. The minimum atomic E-state index is 0.160. The predicted molar refractivity (Wildman–Crippen MR) is 86.4 cm³/mol. The Kier molecular flexibility index (Phi) is 5.41. The van der Waals surface area contributed by atoms with Crippen LogP contribution in [0.4, 0.5) is 16.5 Å². The summed E-state index contributed by atoms with van der Waals surface area (Å²) in [5.41, 5.74) is 1.80. The molecular weight excluding hydrogens is 308 g/mol. The maximum Gasteiger partial charge on any atom is 0.232 e. The summed E-state index contributed by atoms with van der Waals surface area (Å²) in [6.45, 7) is 7.58. The van der Waals surface area contributed by atoms with Gasteiger partial charge in [-0.3, -0.25) is 4.79 Å². The highest BCUT2D eigenvalue weighted by Gasteiger charge is 2.07. The van der Waals surface area contributed by atoms with Crippen molar-refractivity contribution < 1.29 is 4.79 Å². The molecule has 1 heterocycles. The first-order valence-corrected chi connectivity index (χ1v) is 7.55. The number of carbonyl (C=O) groups is 1. The third-order valence-corrected chi connectivity index (χ3v) is 4.09. The number of hydrogen-bond donors (Lipinski definition) is 0. The summed E-state index contributed by atoms with van der Waals surface area (Å²) in [6.07, 6.45) is 0.659. The van der Waals surface area contributed by atoms with E-state index in [0.29, 0.717) is 28.5 Å². The van der Waals surface area contributed by atoms with Crippen molar-refractivity contribution in [3.63, 3.8) is 0 Å². The minimum Gasteiger partial charge on any atom is -0.372 e. The highest BCUT2D eigenvalue weighted by Crippen LogP contribution is 2.29. The first kappa shape index (κ1) is 15.6. The first-order valence-electron chi connectivity index (χ1n) is 6.35. The topological polar surface area (TPSA) is 57.9 Å². The van der Waals surface area contributed by atoms with E-state index in [-0.39, 0.29) is 5.15 Å². The zero-order chi connectivity index (χ0) is 15.2. The third kappa shape index (κ3) is 3.86. The lowest BCUT2D eigenvalue weighted by Gasteiger charge is -2.20. The Morgan fingerprint density at radius 1 is 1.38 bits per heavy atom. The van der Waals surface area contributed by atoms with Crippen molar-refractivity contribution in [3.05, 3.63) is 41.2 Å². The fourth-order valence-corrected chi connectivity index (χ4v) is 2.60. The van der Waals surface area contributed by atoms with Crippen molar-refractivity contribution in [2.75, 3.05) is 18.0 Å². The summed E-state index contributed by atoms with van der Waals surface area (Å²) in [5, 5.41) is 8.59. The molecule has 0 N–H and O–H groups in total. The Morgan fingerprint density at radius 2 is 2.10 bits per heavy atom. The largest absolute Gasteiger partial charge is 0.372 e. The third-order valence-electron chi connectivity index (χ3n) is 2.82. The van der Waals surface area contributed by atoms with Crippen LogP contribution in [0.3, 0.4) is 0 Å². The van der Waals surface area contributed by atoms with E-state index in [9.17, 15) is 4.79 Å². The molecule has 0 aliphatic heterocycles. The molecule has 0 saturated carbocycles. The number of halogens is 1. The van der Waals surface area contributed by atoms with Crippen LogP contribution in [0.15, 0.2) is 34.5 Å². The molecule has 2 aromatic rings. The highest BCUT2D eigenvalue weighted by molar-refractivity contribution is 7.17. The van der Waals surface area contributed by atoms with Gasteiger partial charge in [0.2, 0.25) is 5.13 Å². The molecule has 7 heteroatoms. The molecule has 0 aliphatic carbocycles. The number of rotatable bonds is 6. The summed E-state index contributed by atoms with van der Waals surface area (Å²) in [6, 6.07) is 7.67. The molecule has 0 bridgehead atoms. The van der Waals surface area contributed by atoms with Gasteiger partial charge < -0.3 is 4.90 Å². The second-order valence-electron chi connectivity index (χ2n) is 4.07. The molecule has 5 nitrogen and oxygen atoms in total. The highest BCUT2D eigenvalue weighted by atomic mass is 35.5. The van der Waals surface area contributed by atoms with Crippen LogP contribution in [-0.4, -0.2) is 24.4 Å². The fraction of sp³-hybridized carbons (Fsp3) is 0.214. The molecule has 0 spiro atoms. The number of aldehydes is 1. The number of aromatic nitrogens is 1. The van der Waals surface area contributed by atoms with Crippen LogP contribution in [0.2, 0.25) is 5.15 Å². The maximum absolute atomic E-state index is 10.7. The van der Waals surface area contributed by atoms with E-state index in [2.05, 4.69) is 34.0 Å². The quantitative estimate of drug-likeness (QED) is 0.573. The molecule has 1 aromatic carbocycles. The van der Waals surface area contributed by atoms with Crippen LogP contribution in [0, 0.1) is 6.92 Å². The monoisotopic (exact) mass is 321 g/mol. The molecule has 0 aliphatic rings. The van der Waals surface area contributed by atoms with Gasteiger partial charge in [0.05, 0.1) is 5.69 Å². The molecule has 21 heavy (non-hydrogen) atoms. The Hall–Kier alpha value is -1.79. The Balaban J connectivity index is 2.12. The number of nitrogens with zero attached hydrogens (tertiary/aromatic N) is 4. The van der Waals surface area contributed by atoms with Crippen LogP contribution in [0.25, 0.3) is 0 Å². The van der Waals surface area contributed by atoms with E-state index in [1.807, 2.05) is 24.3 Å². The normalized spacial score (nSPS) is 11.0. The second-order valence-corrected chi connectivity index (χ2v) is 5.43. The number of thiazole rings is 1. The number of benzene rings is 1. The van der Waals surface area contributed by atoms with Crippen LogP contribution >= 0.6 is 22.9 Å². The summed E-state index contributed by atoms with van der Waals surface area (Å²) < 4.78 is 0. The molecule has 1 aromatic heterocycles. The van der Waals surface area contributed by atoms with Gasteiger partial charge in [0.15, 0.2) is 11.4 Å². The van der Waals surface area contributed by atoms with E-state index in [1.54, 1.807) is 0 Å².